The van der Waals surface area contributed by atoms with E-state index < -0.39 is 0 Å². The van der Waals surface area contributed by atoms with Crippen LogP contribution in [0.5, 0.6) is 0 Å². The van der Waals surface area contributed by atoms with Crippen LogP contribution >= 0.6 is 0 Å². The van der Waals surface area contributed by atoms with Crippen molar-refractivity contribution in [3.05, 3.63) is 83.6 Å². The first-order valence-electron chi connectivity index (χ1n) is 10.6. The molecule has 166 valence electrons. The van der Waals surface area contributed by atoms with Gasteiger partial charge >= 0.3 is 0 Å². The van der Waals surface area contributed by atoms with Crippen LogP contribution in [-0.2, 0) is 0 Å². The topological polar surface area (TPSA) is 114 Å². The average molecular weight is 448 g/mol. The summed E-state index contributed by atoms with van der Waals surface area (Å²) in [6.07, 6.45) is 3.50. The molecular formula is C25H20N8O. The van der Waals surface area contributed by atoms with E-state index in [2.05, 4.69) is 20.4 Å². The van der Waals surface area contributed by atoms with Crippen LogP contribution in [0.4, 0.5) is 11.5 Å². The van der Waals surface area contributed by atoms with Gasteiger partial charge in [-0.05, 0) is 68.8 Å². The number of carbonyl (C=O) groups excluding carboxylic acids is 1. The molecule has 9 heteroatoms. The third kappa shape index (κ3) is 3.78. The lowest BCUT2D eigenvalue weighted by atomic mass is 10.2. The first-order valence-corrected chi connectivity index (χ1v) is 10.6. The first-order chi connectivity index (χ1) is 16.4. The Labute approximate surface area is 195 Å². The zero-order chi connectivity index (χ0) is 23.8. The SMILES string of the molecule is CC(=O)c1ccc(-n2cnc3cc(Nc4ccc(C)cn4)ccc32)nc1-n1nc(C#N)cc1C. The number of nitriles is 1. The number of anilines is 2. The minimum atomic E-state index is -0.140. The standard InChI is InChI=1S/C25H20N8O/c1-15-4-8-23(27-13-15)29-18-5-7-22-21(11-18)28-14-32(22)24-9-6-20(17(3)34)25(30-24)33-16(2)10-19(12-26)31-33/h4-11,13-14H,1-3H3,(H,27,29). The molecule has 0 radical (unpaired) electrons. The Morgan fingerprint density at radius 2 is 1.91 bits per heavy atom. The van der Waals surface area contributed by atoms with Gasteiger partial charge in [0.25, 0.3) is 0 Å². The van der Waals surface area contributed by atoms with Gasteiger partial charge in [0.1, 0.15) is 24.0 Å². The highest BCUT2D eigenvalue weighted by Crippen LogP contribution is 2.25. The monoisotopic (exact) mass is 448 g/mol. The van der Waals surface area contributed by atoms with Crippen molar-refractivity contribution in [1.29, 1.82) is 5.26 Å². The van der Waals surface area contributed by atoms with Gasteiger partial charge in [-0.1, -0.05) is 6.07 Å². The second kappa shape index (κ2) is 8.26. The first kappa shape index (κ1) is 21.0. The Morgan fingerprint density at radius 1 is 1.06 bits per heavy atom. The number of hydrogen-bond donors (Lipinski definition) is 1. The molecule has 4 aromatic heterocycles. The predicted molar refractivity (Wildman–Crippen MR) is 128 cm³/mol. The molecule has 0 bridgehead atoms. The average Bonchev–Trinajstić information content (AvgIpc) is 3.43. The molecule has 34 heavy (non-hydrogen) atoms. The number of imidazole rings is 1. The third-order valence-corrected chi connectivity index (χ3v) is 5.42. The Hall–Kier alpha value is -4.84. The smallest absolute Gasteiger partial charge is 0.166 e. The molecule has 9 nitrogen and oxygen atoms in total. The summed E-state index contributed by atoms with van der Waals surface area (Å²) < 4.78 is 3.37. The summed E-state index contributed by atoms with van der Waals surface area (Å²) in [6.45, 7) is 5.29. The van der Waals surface area contributed by atoms with Crippen molar-refractivity contribution >= 4 is 28.3 Å². The molecule has 1 aromatic carbocycles. The number of nitrogens with one attached hydrogen (secondary N) is 1. The number of fused-ring (bicyclic) bond motifs is 1. The zero-order valence-electron chi connectivity index (χ0n) is 18.8. The van der Waals surface area contributed by atoms with Crippen LogP contribution in [-0.4, -0.2) is 35.1 Å². The molecule has 5 aromatic rings. The van der Waals surface area contributed by atoms with Crippen molar-refractivity contribution < 1.29 is 4.79 Å². The quantitative estimate of drug-likeness (QED) is 0.395. The highest BCUT2D eigenvalue weighted by molar-refractivity contribution is 5.97. The molecule has 1 N–H and O–H groups in total. The van der Waals surface area contributed by atoms with Crippen LogP contribution < -0.4 is 5.32 Å². The molecule has 0 amide bonds. The molecule has 0 saturated heterocycles. The lowest BCUT2D eigenvalue weighted by molar-refractivity contribution is 0.101. The lowest BCUT2D eigenvalue weighted by Crippen LogP contribution is -2.11. The maximum absolute atomic E-state index is 12.3. The Kier molecular flexibility index (Phi) is 5.11. The van der Waals surface area contributed by atoms with Crippen molar-refractivity contribution in [1.82, 2.24) is 29.3 Å². The molecule has 5 rings (SSSR count). The van der Waals surface area contributed by atoms with Crippen LogP contribution in [0.25, 0.3) is 22.7 Å². The van der Waals surface area contributed by atoms with Crippen LogP contribution in [0.15, 0.2) is 61.1 Å². The van der Waals surface area contributed by atoms with E-state index in [4.69, 9.17) is 4.98 Å². The Morgan fingerprint density at radius 3 is 2.62 bits per heavy atom. The van der Waals surface area contributed by atoms with Crippen molar-refractivity contribution in [2.24, 2.45) is 0 Å². The van der Waals surface area contributed by atoms with Crippen molar-refractivity contribution in [3.8, 4) is 17.7 Å². The van der Waals surface area contributed by atoms with E-state index in [9.17, 15) is 10.1 Å². The second-order valence-electron chi connectivity index (χ2n) is 7.96. The minimum absolute atomic E-state index is 0.140. The van der Waals surface area contributed by atoms with Gasteiger partial charge in [-0.2, -0.15) is 10.4 Å². The minimum Gasteiger partial charge on any atom is -0.340 e. The maximum atomic E-state index is 12.3. The number of benzene rings is 1. The van der Waals surface area contributed by atoms with E-state index in [1.807, 2.05) is 61.0 Å². The number of nitrogens with zero attached hydrogens (tertiary/aromatic N) is 7. The molecule has 4 heterocycles. The summed E-state index contributed by atoms with van der Waals surface area (Å²) in [6, 6.07) is 16.9. The number of Topliss-reactive ketones (excluding diaryl/α,β-unsaturated/α-hetero) is 1. The number of pyridine rings is 2. The maximum Gasteiger partial charge on any atom is 0.166 e. The molecule has 0 aliphatic rings. The van der Waals surface area contributed by atoms with Gasteiger partial charge in [0, 0.05) is 17.6 Å². The largest absolute Gasteiger partial charge is 0.340 e. The van der Waals surface area contributed by atoms with Crippen LogP contribution in [0, 0.1) is 25.2 Å². The van der Waals surface area contributed by atoms with Crippen LogP contribution in [0.1, 0.15) is 34.2 Å². The summed E-state index contributed by atoms with van der Waals surface area (Å²) in [5, 5.41) is 16.8. The predicted octanol–water partition coefficient (Wildman–Crippen LogP) is 4.44. The van der Waals surface area contributed by atoms with Gasteiger partial charge < -0.3 is 5.32 Å². The fourth-order valence-electron chi connectivity index (χ4n) is 3.71. The van der Waals surface area contributed by atoms with Gasteiger partial charge in [0.15, 0.2) is 17.3 Å². The van der Waals surface area contributed by atoms with E-state index in [0.29, 0.717) is 22.9 Å². The molecule has 0 atom stereocenters. The number of carbonyl (C=O) groups is 1. The van der Waals surface area contributed by atoms with E-state index in [1.54, 1.807) is 24.5 Å². The van der Waals surface area contributed by atoms with Gasteiger partial charge in [0.05, 0.1) is 16.6 Å². The van der Waals surface area contributed by atoms with Gasteiger partial charge in [-0.15, -0.1) is 0 Å². The summed E-state index contributed by atoms with van der Waals surface area (Å²) in [7, 11) is 0. The molecule has 0 saturated carbocycles. The fourth-order valence-corrected chi connectivity index (χ4v) is 3.71. The molecule has 0 aliphatic carbocycles. The van der Waals surface area contributed by atoms with Crippen LogP contribution in [0.2, 0.25) is 0 Å². The zero-order valence-corrected chi connectivity index (χ0v) is 18.8. The normalized spacial score (nSPS) is 10.9. The summed E-state index contributed by atoms with van der Waals surface area (Å²) in [5.41, 5.74) is 4.97. The molecular weight excluding hydrogens is 428 g/mol. The van der Waals surface area contributed by atoms with Crippen molar-refractivity contribution in [2.75, 3.05) is 5.32 Å². The Balaban J connectivity index is 1.55. The number of aromatic nitrogens is 6. The van der Waals surface area contributed by atoms with Crippen LogP contribution in [0.3, 0.4) is 0 Å². The van der Waals surface area contributed by atoms with E-state index >= 15 is 0 Å². The number of aryl methyl sites for hydroxylation is 2. The fraction of sp³-hybridized carbons (Fsp3) is 0.120. The molecule has 0 unspecified atom stereocenters. The summed E-state index contributed by atoms with van der Waals surface area (Å²) >= 11 is 0. The van der Waals surface area contributed by atoms with E-state index in [-0.39, 0.29) is 11.5 Å². The summed E-state index contributed by atoms with van der Waals surface area (Å²) in [4.78, 5) is 25.9. The second-order valence-corrected chi connectivity index (χ2v) is 7.96. The number of rotatable bonds is 5. The van der Waals surface area contributed by atoms with Gasteiger partial charge in [-0.25, -0.2) is 19.6 Å². The summed E-state index contributed by atoms with van der Waals surface area (Å²) in [5.74, 6) is 1.56. The molecule has 0 spiro atoms. The number of ketones is 1. The van der Waals surface area contributed by atoms with Gasteiger partial charge in [-0.3, -0.25) is 9.36 Å². The Bertz CT molecular complexity index is 1590. The number of hydrogen-bond acceptors (Lipinski definition) is 7. The van der Waals surface area contributed by atoms with Crippen molar-refractivity contribution in [2.45, 2.75) is 20.8 Å². The van der Waals surface area contributed by atoms with Crippen molar-refractivity contribution in [3.63, 3.8) is 0 Å². The van der Waals surface area contributed by atoms with E-state index in [0.717, 1.165) is 28.1 Å². The highest BCUT2D eigenvalue weighted by atomic mass is 16.1. The van der Waals surface area contributed by atoms with E-state index in [1.165, 1.54) is 11.6 Å². The lowest BCUT2D eigenvalue weighted by Gasteiger charge is -2.11. The highest BCUT2D eigenvalue weighted by Gasteiger charge is 2.17. The van der Waals surface area contributed by atoms with Gasteiger partial charge in [0.2, 0.25) is 0 Å². The molecule has 0 fully saturated rings. The third-order valence-electron chi connectivity index (χ3n) is 5.42. The molecule has 0 aliphatic heterocycles.